The molecule has 3 fully saturated rings. The second-order valence-electron chi connectivity index (χ2n) is 7.81. The molecule has 1 aromatic rings. The van der Waals surface area contributed by atoms with Gasteiger partial charge in [0.25, 0.3) is 0 Å². The first-order chi connectivity index (χ1) is 11.1. The highest BCUT2D eigenvalue weighted by atomic mass is 16.5. The third-order valence-corrected chi connectivity index (χ3v) is 5.18. The van der Waals surface area contributed by atoms with E-state index in [0.717, 1.165) is 18.7 Å². The van der Waals surface area contributed by atoms with Crippen LogP contribution in [0.25, 0.3) is 0 Å². The van der Waals surface area contributed by atoms with Gasteiger partial charge in [0.1, 0.15) is 6.04 Å². The zero-order valence-corrected chi connectivity index (χ0v) is 13.9. The Morgan fingerprint density at radius 1 is 1.09 bits per heavy atom. The van der Waals surface area contributed by atoms with E-state index in [1.165, 1.54) is 25.7 Å². The molecule has 126 valence electrons. The van der Waals surface area contributed by atoms with Gasteiger partial charge >= 0.3 is 6.03 Å². The summed E-state index contributed by atoms with van der Waals surface area (Å²) in [7, 11) is 0. The molecule has 0 spiro atoms. The Kier molecular flexibility index (Phi) is 3.77. The molecule has 1 aromatic heterocycles. The van der Waals surface area contributed by atoms with E-state index in [1.807, 2.05) is 0 Å². The largest absolute Gasteiger partial charge is 0.337 e. The SMILES string of the molecule is CC(C)[C@H](NC(=O)NC(C1CC1)C1CC1)c1nc(C2CC2)no1. The van der Waals surface area contributed by atoms with Crippen molar-refractivity contribution in [3.05, 3.63) is 11.7 Å². The summed E-state index contributed by atoms with van der Waals surface area (Å²) in [5.41, 5.74) is 0. The second-order valence-corrected chi connectivity index (χ2v) is 7.81. The normalized spacial score (nSPS) is 22.4. The van der Waals surface area contributed by atoms with Crippen LogP contribution in [0.5, 0.6) is 0 Å². The van der Waals surface area contributed by atoms with Gasteiger partial charge in [0.2, 0.25) is 5.89 Å². The van der Waals surface area contributed by atoms with E-state index in [9.17, 15) is 4.79 Å². The third kappa shape index (κ3) is 3.51. The fraction of sp³-hybridized carbons (Fsp3) is 0.824. The van der Waals surface area contributed by atoms with Gasteiger partial charge in [-0.1, -0.05) is 19.0 Å². The van der Waals surface area contributed by atoms with Gasteiger partial charge in [-0.15, -0.1) is 0 Å². The zero-order valence-electron chi connectivity index (χ0n) is 13.9. The summed E-state index contributed by atoms with van der Waals surface area (Å²) in [5, 5.41) is 10.3. The molecule has 0 radical (unpaired) electrons. The van der Waals surface area contributed by atoms with Crippen LogP contribution >= 0.6 is 0 Å². The highest BCUT2D eigenvalue weighted by molar-refractivity contribution is 5.74. The Hall–Kier alpha value is -1.59. The van der Waals surface area contributed by atoms with Gasteiger partial charge < -0.3 is 15.2 Å². The average Bonchev–Trinajstić information content (AvgIpc) is 3.36. The van der Waals surface area contributed by atoms with E-state index in [0.29, 0.717) is 29.7 Å². The van der Waals surface area contributed by atoms with Gasteiger partial charge in [-0.25, -0.2) is 4.79 Å². The zero-order chi connectivity index (χ0) is 16.0. The molecule has 0 unspecified atom stereocenters. The highest BCUT2D eigenvalue weighted by Gasteiger charge is 2.42. The van der Waals surface area contributed by atoms with Crippen molar-refractivity contribution in [2.24, 2.45) is 17.8 Å². The van der Waals surface area contributed by atoms with Crippen molar-refractivity contribution in [2.45, 2.75) is 70.4 Å². The third-order valence-electron chi connectivity index (χ3n) is 5.18. The molecular weight excluding hydrogens is 292 g/mol. The van der Waals surface area contributed by atoms with Gasteiger partial charge in [0.15, 0.2) is 5.82 Å². The molecule has 6 nitrogen and oxygen atoms in total. The average molecular weight is 318 g/mol. The lowest BCUT2D eigenvalue weighted by atomic mass is 10.0. The maximum Gasteiger partial charge on any atom is 0.315 e. The molecule has 3 aliphatic rings. The summed E-state index contributed by atoms with van der Waals surface area (Å²) in [4.78, 5) is 16.9. The molecule has 2 amide bonds. The van der Waals surface area contributed by atoms with Crippen LogP contribution in [0, 0.1) is 17.8 Å². The maximum atomic E-state index is 12.4. The molecule has 6 heteroatoms. The molecule has 3 saturated carbocycles. The van der Waals surface area contributed by atoms with Crippen molar-refractivity contribution in [1.82, 2.24) is 20.8 Å². The van der Waals surface area contributed by atoms with Gasteiger partial charge in [-0.2, -0.15) is 4.98 Å². The van der Waals surface area contributed by atoms with E-state index >= 15 is 0 Å². The number of hydrogen-bond acceptors (Lipinski definition) is 4. The predicted octanol–water partition coefficient (Wildman–Crippen LogP) is 3.13. The van der Waals surface area contributed by atoms with E-state index in [-0.39, 0.29) is 18.0 Å². The first-order valence-electron chi connectivity index (χ1n) is 9.02. The van der Waals surface area contributed by atoms with E-state index < -0.39 is 0 Å². The molecule has 0 aromatic carbocycles. The molecule has 23 heavy (non-hydrogen) atoms. The molecule has 3 aliphatic carbocycles. The maximum absolute atomic E-state index is 12.4. The van der Waals surface area contributed by atoms with Crippen molar-refractivity contribution in [2.75, 3.05) is 0 Å². The number of nitrogens with zero attached hydrogens (tertiary/aromatic N) is 2. The lowest BCUT2D eigenvalue weighted by Gasteiger charge is -2.22. The minimum absolute atomic E-state index is 0.0985. The number of nitrogens with one attached hydrogen (secondary N) is 2. The Morgan fingerprint density at radius 2 is 1.74 bits per heavy atom. The second kappa shape index (κ2) is 5.80. The van der Waals surface area contributed by atoms with Crippen molar-refractivity contribution >= 4 is 6.03 Å². The molecule has 1 heterocycles. The van der Waals surface area contributed by atoms with Crippen LogP contribution in [0.3, 0.4) is 0 Å². The van der Waals surface area contributed by atoms with Gasteiger partial charge in [0.05, 0.1) is 0 Å². The number of urea groups is 1. The minimum Gasteiger partial charge on any atom is -0.337 e. The minimum atomic E-state index is -0.228. The lowest BCUT2D eigenvalue weighted by Crippen LogP contribution is -2.46. The quantitative estimate of drug-likeness (QED) is 0.809. The number of aromatic nitrogens is 2. The standard InChI is InChI=1S/C17H26N4O2/c1-9(2)13(16-20-15(21-23-16)12-7-8-12)18-17(22)19-14(10-3-4-10)11-5-6-11/h9-14H,3-8H2,1-2H3,(H2,18,19,22)/t13-/m0/s1. The molecule has 2 N–H and O–H groups in total. The monoisotopic (exact) mass is 318 g/mol. The lowest BCUT2D eigenvalue weighted by molar-refractivity contribution is 0.218. The highest BCUT2D eigenvalue weighted by Crippen LogP contribution is 2.44. The van der Waals surface area contributed by atoms with E-state index in [4.69, 9.17) is 4.52 Å². The van der Waals surface area contributed by atoms with Crippen LogP contribution in [0.4, 0.5) is 4.79 Å². The summed E-state index contributed by atoms with van der Waals surface area (Å²) < 4.78 is 5.41. The molecule has 4 rings (SSSR count). The molecule has 0 bridgehead atoms. The van der Waals surface area contributed by atoms with Gasteiger partial charge in [0, 0.05) is 12.0 Å². The summed E-state index contributed by atoms with van der Waals surface area (Å²) in [6, 6.07) is 0.0280. The fourth-order valence-corrected chi connectivity index (χ4v) is 3.26. The number of carbonyl (C=O) groups is 1. The Morgan fingerprint density at radius 3 is 2.26 bits per heavy atom. The Bertz CT molecular complexity index is 561. The smallest absolute Gasteiger partial charge is 0.315 e. The van der Waals surface area contributed by atoms with E-state index in [2.05, 4.69) is 34.6 Å². The molecule has 0 aliphatic heterocycles. The number of hydrogen-bond donors (Lipinski definition) is 2. The van der Waals surface area contributed by atoms with Crippen LogP contribution < -0.4 is 10.6 Å². The van der Waals surface area contributed by atoms with Crippen LogP contribution in [-0.2, 0) is 0 Å². The van der Waals surface area contributed by atoms with Crippen LogP contribution in [-0.4, -0.2) is 22.2 Å². The molecule has 0 saturated heterocycles. The summed E-state index contributed by atoms with van der Waals surface area (Å²) in [5.74, 6) is 3.37. The first kappa shape index (κ1) is 15.0. The van der Waals surface area contributed by atoms with Crippen LogP contribution in [0.1, 0.15) is 76.0 Å². The molecule has 1 atom stereocenters. The van der Waals surface area contributed by atoms with Crippen LogP contribution in [0.2, 0.25) is 0 Å². The van der Waals surface area contributed by atoms with Crippen LogP contribution in [0.15, 0.2) is 4.52 Å². The first-order valence-corrected chi connectivity index (χ1v) is 9.02. The number of rotatable bonds is 7. The van der Waals surface area contributed by atoms with Crippen molar-refractivity contribution < 1.29 is 9.32 Å². The predicted molar refractivity (Wildman–Crippen MR) is 84.8 cm³/mol. The van der Waals surface area contributed by atoms with Gasteiger partial charge in [-0.05, 0) is 56.3 Å². The topological polar surface area (TPSA) is 80.0 Å². The number of carbonyl (C=O) groups excluding carboxylic acids is 1. The van der Waals surface area contributed by atoms with Crippen molar-refractivity contribution in [3.8, 4) is 0 Å². The summed E-state index contributed by atoms with van der Waals surface area (Å²) in [6.07, 6.45) is 7.30. The fourth-order valence-electron chi connectivity index (χ4n) is 3.26. The Labute approximate surface area is 136 Å². The van der Waals surface area contributed by atoms with Gasteiger partial charge in [-0.3, -0.25) is 0 Å². The van der Waals surface area contributed by atoms with E-state index in [1.54, 1.807) is 0 Å². The summed E-state index contributed by atoms with van der Waals surface area (Å²) >= 11 is 0. The van der Waals surface area contributed by atoms with Crippen molar-refractivity contribution in [3.63, 3.8) is 0 Å². The number of amides is 2. The van der Waals surface area contributed by atoms with Crippen molar-refractivity contribution in [1.29, 1.82) is 0 Å². The summed E-state index contributed by atoms with van der Waals surface area (Å²) in [6.45, 7) is 4.12. The molecular formula is C17H26N4O2. The Balaban J connectivity index is 1.39.